The molecule has 6 nitrogen and oxygen atoms in total. The highest BCUT2D eigenvalue weighted by Crippen LogP contribution is 2.22. The molecule has 22 heavy (non-hydrogen) atoms. The third kappa shape index (κ3) is 4.34. The standard InChI is InChI=1S/C16H26N4O2/c1-12-6-7-14(15(18-12)20-8-4-5-9-20)10-17-16(22)19(3)11-13(2)21/h6-7,13,21H,4-5,8-11H2,1-3H3,(H,17,22)/t13-/m0/s1. The molecule has 0 unspecified atom stereocenters. The van der Waals surface area contributed by atoms with E-state index in [0.717, 1.165) is 30.2 Å². The van der Waals surface area contributed by atoms with Gasteiger partial charge in [-0.2, -0.15) is 0 Å². The van der Waals surface area contributed by atoms with Crippen LogP contribution < -0.4 is 10.2 Å². The zero-order valence-corrected chi connectivity index (χ0v) is 13.7. The molecule has 1 aliphatic heterocycles. The molecule has 2 amide bonds. The molecule has 1 fully saturated rings. The van der Waals surface area contributed by atoms with E-state index in [4.69, 9.17) is 0 Å². The second kappa shape index (κ2) is 7.45. The van der Waals surface area contributed by atoms with E-state index < -0.39 is 6.10 Å². The molecule has 2 heterocycles. The number of anilines is 1. The van der Waals surface area contributed by atoms with E-state index in [1.807, 2.05) is 19.1 Å². The molecular formula is C16H26N4O2. The maximum absolute atomic E-state index is 12.0. The number of nitrogens with one attached hydrogen (secondary N) is 1. The smallest absolute Gasteiger partial charge is 0.317 e. The zero-order valence-electron chi connectivity index (χ0n) is 13.7. The maximum atomic E-state index is 12.0. The highest BCUT2D eigenvalue weighted by molar-refractivity contribution is 5.74. The van der Waals surface area contributed by atoms with E-state index in [-0.39, 0.29) is 6.03 Å². The van der Waals surface area contributed by atoms with Crippen molar-refractivity contribution in [1.82, 2.24) is 15.2 Å². The quantitative estimate of drug-likeness (QED) is 0.865. The molecule has 2 rings (SSSR count). The van der Waals surface area contributed by atoms with Crippen molar-refractivity contribution in [3.63, 3.8) is 0 Å². The lowest BCUT2D eigenvalue weighted by Crippen LogP contribution is -2.40. The Labute approximate surface area is 132 Å². The van der Waals surface area contributed by atoms with E-state index in [1.165, 1.54) is 17.7 Å². The number of hydrogen-bond acceptors (Lipinski definition) is 4. The van der Waals surface area contributed by atoms with Crippen LogP contribution in [0.15, 0.2) is 12.1 Å². The third-order valence-electron chi connectivity index (χ3n) is 3.82. The van der Waals surface area contributed by atoms with Crippen LogP contribution in [-0.4, -0.2) is 53.8 Å². The average molecular weight is 306 g/mol. The van der Waals surface area contributed by atoms with Gasteiger partial charge in [-0.1, -0.05) is 6.07 Å². The number of rotatable bonds is 5. The van der Waals surface area contributed by atoms with Gasteiger partial charge in [-0.05, 0) is 32.8 Å². The van der Waals surface area contributed by atoms with Crippen molar-refractivity contribution < 1.29 is 9.90 Å². The molecule has 0 aliphatic carbocycles. The average Bonchev–Trinajstić information content (AvgIpc) is 2.98. The molecule has 1 aromatic heterocycles. The van der Waals surface area contributed by atoms with Gasteiger partial charge in [0, 0.05) is 44.5 Å². The first kappa shape index (κ1) is 16.5. The van der Waals surface area contributed by atoms with Gasteiger partial charge in [0.05, 0.1) is 6.10 Å². The fourth-order valence-corrected chi connectivity index (χ4v) is 2.70. The van der Waals surface area contributed by atoms with Crippen molar-refractivity contribution in [2.75, 3.05) is 31.6 Å². The van der Waals surface area contributed by atoms with E-state index >= 15 is 0 Å². The maximum Gasteiger partial charge on any atom is 0.317 e. The Bertz CT molecular complexity index is 513. The van der Waals surface area contributed by atoms with E-state index in [2.05, 4.69) is 15.2 Å². The molecule has 1 saturated heterocycles. The van der Waals surface area contributed by atoms with Crippen molar-refractivity contribution in [1.29, 1.82) is 0 Å². The van der Waals surface area contributed by atoms with Crippen molar-refractivity contribution in [2.45, 2.75) is 39.3 Å². The molecule has 2 N–H and O–H groups in total. The summed E-state index contributed by atoms with van der Waals surface area (Å²) in [5.74, 6) is 0.982. The first-order chi connectivity index (χ1) is 10.5. The first-order valence-corrected chi connectivity index (χ1v) is 7.86. The third-order valence-corrected chi connectivity index (χ3v) is 3.82. The predicted octanol–water partition coefficient (Wildman–Crippen LogP) is 1.51. The number of likely N-dealkylation sites (N-methyl/N-ethyl adjacent to an activating group) is 1. The summed E-state index contributed by atoms with van der Waals surface area (Å²) in [6, 6.07) is 3.82. The minimum atomic E-state index is -0.531. The Morgan fingerprint density at radius 2 is 2.14 bits per heavy atom. The molecule has 6 heteroatoms. The van der Waals surface area contributed by atoms with Gasteiger partial charge >= 0.3 is 6.03 Å². The summed E-state index contributed by atoms with van der Waals surface area (Å²) in [5, 5.41) is 12.2. The molecule has 122 valence electrons. The largest absolute Gasteiger partial charge is 0.392 e. The zero-order chi connectivity index (χ0) is 16.1. The number of amides is 2. The van der Waals surface area contributed by atoms with Crippen LogP contribution in [0.3, 0.4) is 0 Å². The van der Waals surface area contributed by atoms with Gasteiger partial charge in [-0.3, -0.25) is 0 Å². The Balaban J connectivity index is 2.01. The second-order valence-electron chi connectivity index (χ2n) is 6.02. The normalized spacial score (nSPS) is 15.7. The van der Waals surface area contributed by atoms with Gasteiger partial charge in [0.15, 0.2) is 0 Å². The van der Waals surface area contributed by atoms with Gasteiger partial charge in [-0.15, -0.1) is 0 Å². The molecule has 0 aromatic carbocycles. The van der Waals surface area contributed by atoms with Gasteiger partial charge in [-0.25, -0.2) is 9.78 Å². The Hall–Kier alpha value is -1.82. The fraction of sp³-hybridized carbons (Fsp3) is 0.625. The number of aliphatic hydroxyl groups excluding tert-OH is 1. The fourth-order valence-electron chi connectivity index (χ4n) is 2.70. The van der Waals surface area contributed by atoms with Crippen LogP contribution in [0.5, 0.6) is 0 Å². The Kier molecular flexibility index (Phi) is 5.60. The highest BCUT2D eigenvalue weighted by atomic mass is 16.3. The number of carbonyl (C=O) groups is 1. The van der Waals surface area contributed by atoms with Crippen LogP contribution in [0.4, 0.5) is 10.6 Å². The molecule has 1 aliphatic rings. The number of hydrogen-bond donors (Lipinski definition) is 2. The lowest BCUT2D eigenvalue weighted by molar-refractivity contribution is 0.143. The van der Waals surface area contributed by atoms with Crippen molar-refractivity contribution in [3.05, 3.63) is 23.4 Å². The number of aliphatic hydroxyl groups is 1. The predicted molar refractivity (Wildman–Crippen MR) is 87.0 cm³/mol. The van der Waals surface area contributed by atoms with Gasteiger partial charge in [0.25, 0.3) is 0 Å². The molecule has 0 radical (unpaired) electrons. The second-order valence-corrected chi connectivity index (χ2v) is 6.02. The lowest BCUT2D eigenvalue weighted by Gasteiger charge is -2.22. The number of carbonyl (C=O) groups excluding carboxylic acids is 1. The van der Waals surface area contributed by atoms with Crippen LogP contribution in [0, 0.1) is 6.92 Å². The van der Waals surface area contributed by atoms with Crippen LogP contribution in [0.2, 0.25) is 0 Å². The SMILES string of the molecule is Cc1ccc(CNC(=O)N(C)C[C@H](C)O)c(N2CCCC2)n1. The molecule has 0 spiro atoms. The van der Waals surface area contributed by atoms with E-state index in [1.54, 1.807) is 14.0 Å². The summed E-state index contributed by atoms with van der Waals surface area (Å²) in [6.07, 6.45) is 1.86. The summed E-state index contributed by atoms with van der Waals surface area (Å²) in [7, 11) is 1.68. The number of urea groups is 1. The van der Waals surface area contributed by atoms with Crippen molar-refractivity contribution in [3.8, 4) is 0 Å². The lowest BCUT2D eigenvalue weighted by atomic mass is 10.2. The summed E-state index contributed by atoms with van der Waals surface area (Å²) >= 11 is 0. The molecule has 1 aromatic rings. The molecule has 1 atom stereocenters. The summed E-state index contributed by atoms with van der Waals surface area (Å²) in [5.41, 5.74) is 2.02. The molecule has 0 bridgehead atoms. The van der Waals surface area contributed by atoms with Crippen LogP contribution in [-0.2, 0) is 6.54 Å². The Morgan fingerprint density at radius 1 is 1.45 bits per heavy atom. The first-order valence-electron chi connectivity index (χ1n) is 7.86. The number of aryl methyl sites for hydroxylation is 1. The number of aromatic nitrogens is 1. The molecular weight excluding hydrogens is 280 g/mol. The van der Waals surface area contributed by atoms with Crippen LogP contribution in [0.25, 0.3) is 0 Å². The topological polar surface area (TPSA) is 68.7 Å². The van der Waals surface area contributed by atoms with Crippen molar-refractivity contribution >= 4 is 11.8 Å². The number of pyridine rings is 1. The van der Waals surface area contributed by atoms with E-state index in [0.29, 0.717) is 13.1 Å². The summed E-state index contributed by atoms with van der Waals surface area (Å²) in [4.78, 5) is 20.4. The monoisotopic (exact) mass is 306 g/mol. The minimum Gasteiger partial charge on any atom is -0.392 e. The van der Waals surface area contributed by atoms with Gasteiger partial charge in [0.2, 0.25) is 0 Å². The van der Waals surface area contributed by atoms with Crippen molar-refractivity contribution in [2.24, 2.45) is 0 Å². The molecule has 0 saturated carbocycles. The minimum absolute atomic E-state index is 0.186. The van der Waals surface area contributed by atoms with Crippen LogP contribution in [0.1, 0.15) is 31.0 Å². The highest BCUT2D eigenvalue weighted by Gasteiger charge is 2.18. The number of nitrogens with zero attached hydrogens (tertiary/aromatic N) is 3. The summed E-state index contributed by atoms with van der Waals surface area (Å²) < 4.78 is 0. The summed E-state index contributed by atoms with van der Waals surface area (Å²) in [6.45, 7) is 6.47. The van der Waals surface area contributed by atoms with E-state index in [9.17, 15) is 9.90 Å². The van der Waals surface area contributed by atoms with Gasteiger partial charge < -0.3 is 20.2 Å². The Morgan fingerprint density at radius 3 is 2.77 bits per heavy atom. The van der Waals surface area contributed by atoms with Gasteiger partial charge in [0.1, 0.15) is 5.82 Å². The van der Waals surface area contributed by atoms with Crippen LogP contribution >= 0.6 is 0 Å².